The highest BCUT2D eigenvalue weighted by Gasteiger charge is 2.25. The van der Waals surface area contributed by atoms with Gasteiger partial charge >= 0.3 is 0 Å². The molecule has 1 unspecified atom stereocenters. The zero-order chi connectivity index (χ0) is 13.2. The molecular weight excluding hydrogens is 259 g/mol. The summed E-state index contributed by atoms with van der Waals surface area (Å²) in [5.41, 5.74) is 7.09. The molecule has 0 saturated heterocycles. The Kier molecular flexibility index (Phi) is 4.10. The fourth-order valence-corrected chi connectivity index (χ4v) is 4.21. The normalized spacial score (nSPS) is 30.9. The van der Waals surface area contributed by atoms with Crippen LogP contribution >= 0.6 is 11.8 Å². The van der Waals surface area contributed by atoms with Crippen LogP contribution in [0.15, 0.2) is 23.1 Å². The van der Waals surface area contributed by atoms with Gasteiger partial charge < -0.3 is 11.1 Å². The van der Waals surface area contributed by atoms with E-state index < -0.39 is 0 Å². The second-order valence-electron chi connectivity index (χ2n) is 5.65. The van der Waals surface area contributed by atoms with Crippen LogP contribution in [0.5, 0.6) is 0 Å². The van der Waals surface area contributed by atoms with Crippen molar-refractivity contribution < 1.29 is 4.39 Å². The van der Waals surface area contributed by atoms with Gasteiger partial charge in [0, 0.05) is 23.0 Å². The third kappa shape index (κ3) is 3.12. The average molecular weight is 280 g/mol. The van der Waals surface area contributed by atoms with Crippen molar-refractivity contribution in [1.82, 2.24) is 5.32 Å². The number of thioether (sulfide) groups is 1. The van der Waals surface area contributed by atoms with Crippen LogP contribution in [0.1, 0.15) is 43.7 Å². The highest BCUT2D eigenvalue weighted by atomic mass is 32.2. The molecule has 1 aliphatic heterocycles. The van der Waals surface area contributed by atoms with Crippen molar-refractivity contribution in [3.8, 4) is 0 Å². The minimum Gasteiger partial charge on any atom is -0.328 e. The monoisotopic (exact) mass is 280 g/mol. The zero-order valence-electron chi connectivity index (χ0n) is 11.1. The Bertz CT molecular complexity index is 444. The van der Waals surface area contributed by atoms with Gasteiger partial charge in [-0.25, -0.2) is 4.39 Å². The van der Waals surface area contributed by atoms with Crippen molar-refractivity contribution in [3.63, 3.8) is 0 Å². The van der Waals surface area contributed by atoms with E-state index in [0.717, 1.165) is 43.4 Å². The van der Waals surface area contributed by atoms with Crippen LogP contribution in [0.25, 0.3) is 0 Å². The highest BCUT2D eigenvalue weighted by molar-refractivity contribution is 7.99. The lowest BCUT2D eigenvalue weighted by Crippen LogP contribution is -2.40. The van der Waals surface area contributed by atoms with E-state index in [1.165, 1.54) is 4.90 Å². The fourth-order valence-electron chi connectivity index (χ4n) is 3.11. The molecule has 1 aliphatic carbocycles. The van der Waals surface area contributed by atoms with E-state index in [9.17, 15) is 4.39 Å². The summed E-state index contributed by atoms with van der Waals surface area (Å²) in [7, 11) is 0. The first-order valence-corrected chi connectivity index (χ1v) is 8.15. The van der Waals surface area contributed by atoms with Gasteiger partial charge in [0.2, 0.25) is 0 Å². The lowest BCUT2D eigenvalue weighted by molar-refractivity contribution is 0.310. The molecule has 2 nitrogen and oxygen atoms in total. The van der Waals surface area contributed by atoms with Crippen molar-refractivity contribution in [1.29, 1.82) is 0 Å². The Morgan fingerprint density at radius 3 is 2.74 bits per heavy atom. The lowest BCUT2D eigenvalue weighted by Gasteiger charge is -2.33. The van der Waals surface area contributed by atoms with E-state index in [4.69, 9.17) is 5.73 Å². The van der Waals surface area contributed by atoms with E-state index in [1.54, 1.807) is 12.1 Å². The Hall–Kier alpha value is -0.580. The molecule has 19 heavy (non-hydrogen) atoms. The predicted molar refractivity (Wildman–Crippen MR) is 77.8 cm³/mol. The summed E-state index contributed by atoms with van der Waals surface area (Å²) in [5.74, 6) is 0.987. The van der Waals surface area contributed by atoms with Gasteiger partial charge in [0.15, 0.2) is 0 Å². The standard InChI is InChI=1S/C15H21FN2S/c16-10-1-6-15-13(9-10)14(7-8-19-15)18-12-4-2-11(17)3-5-12/h1,6,9,11-12,14,18H,2-5,7-8,17H2. The second kappa shape index (κ2) is 5.81. The first kappa shape index (κ1) is 13.4. The van der Waals surface area contributed by atoms with Gasteiger partial charge in [0.1, 0.15) is 5.82 Å². The van der Waals surface area contributed by atoms with Crippen LogP contribution in [0, 0.1) is 5.82 Å². The number of fused-ring (bicyclic) bond motifs is 1. The third-order valence-corrected chi connectivity index (χ3v) is 5.34. The molecule has 3 N–H and O–H groups in total. The Morgan fingerprint density at radius 2 is 1.95 bits per heavy atom. The molecule has 1 heterocycles. The first-order valence-electron chi connectivity index (χ1n) is 7.16. The summed E-state index contributed by atoms with van der Waals surface area (Å²) in [4.78, 5) is 1.23. The van der Waals surface area contributed by atoms with Crippen LogP contribution in [0.4, 0.5) is 4.39 Å². The van der Waals surface area contributed by atoms with Gasteiger partial charge in [-0.1, -0.05) is 0 Å². The predicted octanol–water partition coefficient (Wildman–Crippen LogP) is 3.22. The van der Waals surface area contributed by atoms with Crippen molar-refractivity contribution in [2.45, 2.75) is 55.1 Å². The molecule has 2 aliphatic rings. The maximum absolute atomic E-state index is 13.4. The topological polar surface area (TPSA) is 38.0 Å². The number of halogens is 1. The maximum atomic E-state index is 13.4. The Balaban J connectivity index is 1.71. The number of hydrogen-bond acceptors (Lipinski definition) is 3. The SMILES string of the molecule is NC1CCC(NC2CCSc3ccc(F)cc32)CC1. The van der Waals surface area contributed by atoms with E-state index in [2.05, 4.69) is 5.32 Å². The molecule has 104 valence electrons. The van der Waals surface area contributed by atoms with Crippen LogP contribution < -0.4 is 11.1 Å². The van der Waals surface area contributed by atoms with Crippen LogP contribution in [0.2, 0.25) is 0 Å². The number of hydrogen-bond donors (Lipinski definition) is 2. The van der Waals surface area contributed by atoms with Crippen molar-refractivity contribution >= 4 is 11.8 Å². The molecule has 1 fully saturated rings. The number of rotatable bonds is 2. The number of benzene rings is 1. The molecular formula is C15H21FN2S. The molecule has 0 aromatic heterocycles. The van der Waals surface area contributed by atoms with Gasteiger partial charge in [-0.05, 0) is 61.6 Å². The summed E-state index contributed by atoms with van der Waals surface area (Å²) in [6, 6.07) is 6.42. The minimum atomic E-state index is -0.126. The molecule has 1 aromatic carbocycles. The van der Waals surface area contributed by atoms with Gasteiger partial charge in [-0.15, -0.1) is 11.8 Å². The Labute approximate surface area is 118 Å². The van der Waals surface area contributed by atoms with Gasteiger partial charge in [-0.3, -0.25) is 0 Å². The van der Waals surface area contributed by atoms with Crippen molar-refractivity contribution in [2.75, 3.05) is 5.75 Å². The van der Waals surface area contributed by atoms with E-state index in [1.807, 2.05) is 17.8 Å². The summed E-state index contributed by atoms with van der Waals surface area (Å²) in [6.07, 6.45) is 5.60. The van der Waals surface area contributed by atoms with Crippen LogP contribution in [-0.2, 0) is 0 Å². The molecule has 0 spiro atoms. The van der Waals surface area contributed by atoms with Crippen LogP contribution in [0.3, 0.4) is 0 Å². The molecule has 0 amide bonds. The molecule has 1 aromatic rings. The fraction of sp³-hybridized carbons (Fsp3) is 0.600. The first-order chi connectivity index (χ1) is 9.22. The molecule has 1 saturated carbocycles. The van der Waals surface area contributed by atoms with E-state index in [-0.39, 0.29) is 5.82 Å². The summed E-state index contributed by atoms with van der Waals surface area (Å²) in [6.45, 7) is 0. The molecule has 1 atom stereocenters. The summed E-state index contributed by atoms with van der Waals surface area (Å²) < 4.78 is 13.4. The summed E-state index contributed by atoms with van der Waals surface area (Å²) >= 11 is 1.84. The number of nitrogens with one attached hydrogen (secondary N) is 1. The average Bonchev–Trinajstić information content (AvgIpc) is 2.42. The maximum Gasteiger partial charge on any atom is 0.123 e. The van der Waals surface area contributed by atoms with E-state index in [0.29, 0.717) is 18.1 Å². The number of nitrogens with two attached hydrogens (primary N) is 1. The van der Waals surface area contributed by atoms with Crippen molar-refractivity contribution in [2.24, 2.45) is 5.73 Å². The van der Waals surface area contributed by atoms with Gasteiger partial charge in [-0.2, -0.15) is 0 Å². The highest BCUT2D eigenvalue weighted by Crippen LogP contribution is 2.37. The smallest absolute Gasteiger partial charge is 0.123 e. The molecule has 4 heteroatoms. The second-order valence-corrected chi connectivity index (χ2v) is 6.79. The van der Waals surface area contributed by atoms with Crippen molar-refractivity contribution in [3.05, 3.63) is 29.6 Å². The van der Waals surface area contributed by atoms with Gasteiger partial charge in [0.05, 0.1) is 0 Å². The lowest BCUT2D eigenvalue weighted by atomic mass is 9.90. The molecule has 0 radical (unpaired) electrons. The van der Waals surface area contributed by atoms with Crippen LogP contribution in [-0.4, -0.2) is 17.8 Å². The minimum absolute atomic E-state index is 0.126. The Morgan fingerprint density at radius 1 is 1.16 bits per heavy atom. The van der Waals surface area contributed by atoms with E-state index >= 15 is 0 Å². The quantitative estimate of drug-likeness (QED) is 0.873. The summed E-state index contributed by atoms with van der Waals surface area (Å²) in [5, 5.41) is 3.73. The molecule has 0 bridgehead atoms. The largest absolute Gasteiger partial charge is 0.328 e. The zero-order valence-corrected chi connectivity index (χ0v) is 11.9. The third-order valence-electron chi connectivity index (χ3n) is 4.22. The molecule has 3 rings (SSSR count). The van der Waals surface area contributed by atoms with Gasteiger partial charge in [0.25, 0.3) is 0 Å².